The lowest BCUT2D eigenvalue weighted by molar-refractivity contribution is 0.0952. The lowest BCUT2D eigenvalue weighted by atomic mass is 10.1. The second kappa shape index (κ2) is 11.2. The average Bonchev–Trinajstić information content (AvgIpc) is 3.46. The molecule has 2 fully saturated rings. The summed E-state index contributed by atoms with van der Waals surface area (Å²) in [6, 6.07) is 7.49. The quantitative estimate of drug-likeness (QED) is 0.294. The number of aryl methyl sites for hydroxylation is 1. The number of H-pyrrole nitrogens is 1. The van der Waals surface area contributed by atoms with E-state index in [0.717, 1.165) is 56.0 Å². The highest BCUT2D eigenvalue weighted by atomic mass is 16.3. The van der Waals surface area contributed by atoms with Crippen molar-refractivity contribution in [3.63, 3.8) is 0 Å². The number of pyridine rings is 1. The Morgan fingerprint density at radius 1 is 1.02 bits per heavy atom. The number of oxazole rings is 1. The maximum atomic E-state index is 13.2. The van der Waals surface area contributed by atoms with Crippen molar-refractivity contribution >= 4 is 28.9 Å². The zero-order valence-electron chi connectivity index (χ0n) is 22.4. The number of carbonyl (C=O) groups excluding carboxylic acids is 2. The van der Waals surface area contributed by atoms with E-state index in [1.165, 1.54) is 12.0 Å². The smallest absolute Gasteiger partial charge is 0.277 e. The van der Waals surface area contributed by atoms with Crippen LogP contribution in [0.15, 0.2) is 59.9 Å². The fourth-order valence-corrected chi connectivity index (χ4v) is 4.99. The standard InChI is InChI=1S/C29H32N8O3/c1-19-15-30-8-7-25(19)36-10-12-37(13-11-36)26-5-4-21(27(38)32-9-6-22-16-31-18-33-22)14-23(26)34-28(39)24-17-40-29(35-24)20-2-3-20/h4-5,7-8,14-18,20H,2-3,6,9-13H2,1H3,(H,31,33)(H,32,38)(H,34,39). The van der Waals surface area contributed by atoms with E-state index in [1.807, 2.05) is 24.5 Å². The molecule has 11 heteroatoms. The third-order valence-electron chi connectivity index (χ3n) is 7.37. The highest BCUT2D eigenvalue weighted by Gasteiger charge is 2.30. The Morgan fingerprint density at radius 2 is 1.82 bits per heavy atom. The molecule has 0 atom stereocenters. The van der Waals surface area contributed by atoms with Crippen LogP contribution in [0.4, 0.5) is 17.1 Å². The van der Waals surface area contributed by atoms with Gasteiger partial charge < -0.3 is 29.8 Å². The summed E-state index contributed by atoms with van der Waals surface area (Å²) in [5, 5.41) is 5.95. The number of carbonyl (C=O) groups is 2. The maximum absolute atomic E-state index is 13.2. The van der Waals surface area contributed by atoms with Crippen LogP contribution in [0, 0.1) is 6.92 Å². The van der Waals surface area contributed by atoms with Crippen molar-refractivity contribution in [2.24, 2.45) is 0 Å². The zero-order valence-corrected chi connectivity index (χ0v) is 22.4. The topological polar surface area (TPSA) is 132 Å². The van der Waals surface area contributed by atoms with Crippen molar-refractivity contribution in [3.05, 3.63) is 83.9 Å². The third kappa shape index (κ3) is 5.68. The summed E-state index contributed by atoms with van der Waals surface area (Å²) in [4.78, 5) is 46.4. The number of benzene rings is 1. The van der Waals surface area contributed by atoms with Crippen LogP contribution in [0.5, 0.6) is 0 Å². The van der Waals surface area contributed by atoms with Crippen molar-refractivity contribution in [1.82, 2.24) is 25.3 Å². The first kappa shape index (κ1) is 25.6. The van der Waals surface area contributed by atoms with Gasteiger partial charge in [0.15, 0.2) is 11.6 Å². The van der Waals surface area contributed by atoms with Crippen LogP contribution >= 0.6 is 0 Å². The highest BCUT2D eigenvalue weighted by molar-refractivity contribution is 6.06. The van der Waals surface area contributed by atoms with Gasteiger partial charge in [0.05, 0.1) is 17.7 Å². The van der Waals surface area contributed by atoms with Crippen molar-refractivity contribution in [1.29, 1.82) is 0 Å². The molecule has 206 valence electrons. The summed E-state index contributed by atoms with van der Waals surface area (Å²) < 4.78 is 5.53. The lowest BCUT2D eigenvalue weighted by Crippen LogP contribution is -2.47. The summed E-state index contributed by atoms with van der Waals surface area (Å²) >= 11 is 0. The fraction of sp³-hybridized carbons (Fsp3) is 0.345. The van der Waals surface area contributed by atoms with E-state index in [4.69, 9.17) is 4.42 Å². The Kier molecular flexibility index (Phi) is 7.17. The molecule has 6 rings (SSSR count). The molecule has 1 aliphatic carbocycles. The summed E-state index contributed by atoms with van der Waals surface area (Å²) in [6.07, 6.45) is 11.2. The SMILES string of the molecule is Cc1cnccc1N1CCN(c2ccc(C(=O)NCCc3cnc[nH]3)cc2NC(=O)c2coc(C3CC3)n2)CC1. The van der Waals surface area contributed by atoms with Crippen LogP contribution in [0.1, 0.15) is 56.8 Å². The Balaban J connectivity index is 1.19. The van der Waals surface area contributed by atoms with E-state index in [0.29, 0.717) is 36.0 Å². The van der Waals surface area contributed by atoms with Gasteiger partial charge in [-0.15, -0.1) is 0 Å². The second-order valence-electron chi connectivity index (χ2n) is 10.3. The minimum absolute atomic E-state index is 0.211. The van der Waals surface area contributed by atoms with Gasteiger partial charge in [-0.2, -0.15) is 0 Å². The van der Waals surface area contributed by atoms with E-state index in [-0.39, 0.29) is 17.5 Å². The molecule has 1 saturated carbocycles. The van der Waals surface area contributed by atoms with E-state index in [9.17, 15) is 9.59 Å². The number of aromatic nitrogens is 4. The molecule has 2 amide bonds. The molecule has 0 radical (unpaired) electrons. The summed E-state index contributed by atoms with van der Waals surface area (Å²) in [6.45, 7) is 5.69. The molecule has 1 aliphatic heterocycles. The van der Waals surface area contributed by atoms with Gasteiger partial charge in [0, 0.05) is 80.6 Å². The van der Waals surface area contributed by atoms with E-state index < -0.39 is 0 Å². The first-order valence-corrected chi connectivity index (χ1v) is 13.6. The molecule has 3 N–H and O–H groups in total. The van der Waals surface area contributed by atoms with Gasteiger partial charge >= 0.3 is 0 Å². The lowest BCUT2D eigenvalue weighted by Gasteiger charge is -2.38. The predicted molar refractivity (Wildman–Crippen MR) is 151 cm³/mol. The van der Waals surface area contributed by atoms with Gasteiger partial charge in [0.2, 0.25) is 0 Å². The summed E-state index contributed by atoms with van der Waals surface area (Å²) in [5.41, 5.74) is 5.40. The van der Waals surface area contributed by atoms with Crippen LogP contribution in [-0.2, 0) is 6.42 Å². The van der Waals surface area contributed by atoms with E-state index >= 15 is 0 Å². The molecule has 2 aliphatic rings. The molecule has 0 unspecified atom stereocenters. The van der Waals surface area contributed by atoms with E-state index in [1.54, 1.807) is 24.7 Å². The molecule has 0 spiro atoms. The number of hydrogen-bond donors (Lipinski definition) is 3. The Morgan fingerprint density at radius 3 is 2.55 bits per heavy atom. The largest absolute Gasteiger partial charge is 0.448 e. The van der Waals surface area contributed by atoms with Gasteiger partial charge in [-0.3, -0.25) is 14.6 Å². The first-order chi connectivity index (χ1) is 19.5. The monoisotopic (exact) mass is 540 g/mol. The van der Waals surface area contributed by atoms with Crippen molar-refractivity contribution in [3.8, 4) is 0 Å². The number of nitrogens with one attached hydrogen (secondary N) is 3. The number of imidazole rings is 1. The summed E-state index contributed by atoms with van der Waals surface area (Å²) in [5.74, 6) is 0.348. The van der Waals surface area contributed by atoms with Crippen LogP contribution in [0.3, 0.4) is 0 Å². The first-order valence-electron chi connectivity index (χ1n) is 13.6. The van der Waals surface area contributed by atoms with Crippen LogP contribution in [-0.4, -0.2) is 64.5 Å². The molecule has 3 aromatic heterocycles. The summed E-state index contributed by atoms with van der Waals surface area (Å²) in [7, 11) is 0. The number of anilines is 3. The van der Waals surface area contributed by atoms with Gasteiger partial charge in [-0.1, -0.05) is 0 Å². The minimum atomic E-state index is -0.361. The van der Waals surface area contributed by atoms with Crippen molar-refractivity contribution < 1.29 is 14.0 Å². The van der Waals surface area contributed by atoms with Gasteiger partial charge in [0.25, 0.3) is 11.8 Å². The molecule has 0 bridgehead atoms. The van der Waals surface area contributed by atoms with Gasteiger partial charge in [-0.05, 0) is 49.6 Å². The average molecular weight is 541 g/mol. The van der Waals surface area contributed by atoms with Crippen molar-refractivity contribution in [2.75, 3.05) is 47.8 Å². The molecule has 40 heavy (non-hydrogen) atoms. The number of rotatable bonds is 9. The van der Waals surface area contributed by atoms with Crippen LogP contribution < -0.4 is 20.4 Å². The Bertz CT molecular complexity index is 1490. The Hall–Kier alpha value is -4.67. The number of hydrogen-bond acceptors (Lipinski definition) is 8. The molecule has 1 saturated heterocycles. The molecule has 4 aromatic rings. The fourth-order valence-electron chi connectivity index (χ4n) is 4.99. The van der Waals surface area contributed by atoms with Gasteiger partial charge in [-0.25, -0.2) is 9.97 Å². The van der Waals surface area contributed by atoms with Crippen LogP contribution in [0.25, 0.3) is 0 Å². The molecule has 1 aromatic carbocycles. The maximum Gasteiger partial charge on any atom is 0.277 e. The number of amides is 2. The number of piperazine rings is 1. The number of nitrogens with zero attached hydrogens (tertiary/aromatic N) is 5. The highest BCUT2D eigenvalue weighted by Crippen LogP contribution is 2.39. The third-order valence-corrected chi connectivity index (χ3v) is 7.37. The predicted octanol–water partition coefficient (Wildman–Crippen LogP) is 3.53. The van der Waals surface area contributed by atoms with Gasteiger partial charge in [0.1, 0.15) is 6.26 Å². The zero-order chi connectivity index (χ0) is 27.5. The van der Waals surface area contributed by atoms with Crippen molar-refractivity contribution in [2.45, 2.75) is 32.1 Å². The number of aromatic amines is 1. The Labute approximate surface area is 232 Å². The molecular formula is C29H32N8O3. The normalized spacial score (nSPS) is 15.2. The second-order valence-corrected chi connectivity index (χ2v) is 10.3. The molecule has 4 heterocycles. The van der Waals surface area contributed by atoms with Crippen LogP contribution in [0.2, 0.25) is 0 Å². The van der Waals surface area contributed by atoms with E-state index in [2.05, 4.69) is 47.3 Å². The molecule has 11 nitrogen and oxygen atoms in total. The minimum Gasteiger partial charge on any atom is -0.448 e. The molecular weight excluding hydrogens is 508 g/mol.